The summed E-state index contributed by atoms with van der Waals surface area (Å²) in [6.07, 6.45) is 4.37. The lowest BCUT2D eigenvalue weighted by molar-refractivity contribution is -0.116. The van der Waals surface area contributed by atoms with Crippen LogP contribution in [0.2, 0.25) is 0 Å². The Balaban J connectivity index is 1.41. The summed E-state index contributed by atoms with van der Waals surface area (Å²) < 4.78 is 5.59. The molecule has 0 saturated carbocycles. The average molecular weight is 381 g/mol. The van der Waals surface area contributed by atoms with Crippen molar-refractivity contribution >= 4 is 28.2 Å². The molecule has 0 unspecified atom stereocenters. The Hall–Kier alpha value is -3.06. The van der Waals surface area contributed by atoms with E-state index >= 15 is 0 Å². The molecule has 0 aliphatic carbocycles. The monoisotopic (exact) mass is 381 g/mol. The highest BCUT2D eigenvalue weighted by Gasteiger charge is 2.08. The van der Waals surface area contributed by atoms with E-state index in [1.807, 2.05) is 17.5 Å². The molecule has 0 aliphatic heterocycles. The molecule has 7 heteroatoms. The Bertz CT molecular complexity index is 908. The second-order valence-electron chi connectivity index (χ2n) is 5.86. The van der Waals surface area contributed by atoms with Crippen LogP contribution in [0.25, 0.3) is 11.3 Å². The largest absolute Gasteiger partial charge is 0.494 e. The van der Waals surface area contributed by atoms with Crippen molar-refractivity contribution in [3.05, 3.63) is 59.7 Å². The molecular formula is C20H19N3O3S. The molecule has 1 N–H and O–H groups in total. The van der Waals surface area contributed by atoms with Gasteiger partial charge in [0.1, 0.15) is 5.75 Å². The maximum Gasteiger partial charge on any atom is 0.226 e. The predicted molar refractivity (Wildman–Crippen MR) is 105 cm³/mol. The van der Waals surface area contributed by atoms with Crippen LogP contribution in [-0.2, 0) is 4.79 Å². The van der Waals surface area contributed by atoms with E-state index in [0.29, 0.717) is 35.9 Å². The number of nitrogens with one attached hydrogen (secondary N) is 1. The minimum Gasteiger partial charge on any atom is -0.494 e. The Kier molecular flexibility index (Phi) is 6.27. The summed E-state index contributed by atoms with van der Waals surface area (Å²) in [4.78, 5) is 31.7. The van der Waals surface area contributed by atoms with Crippen LogP contribution in [0, 0.1) is 0 Å². The van der Waals surface area contributed by atoms with Gasteiger partial charge < -0.3 is 10.1 Å². The highest BCUT2D eigenvalue weighted by atomic mass is 32.1. The molecule has 3 aromatic rings. The number of ketones is 1. The molecule has 0 radical (unpaired) electrons. The van der Waals surface area contributed by atoms with Crippen molar-refractivity contribution in [3.8, 4) is 17.0 Å². The molecule has 0 aliphatic rings. The Labute approximate surface area is 161 Å². The SMILES string of the molecule is CC(=O)c1ccc(OCCCC(=O)Nc2nc(-c3cccnc3)cs2)cc1. The molecule has 0 saturated heterocycles. The molecular weight excluding hydrogens is 362 g/mol. The predicted octanol–water partition coefficient (Wildman–Crippen LogP) is 4.21. The van der Waals surface area contributed by atoms with E-state index in [9.17, 15) is 9.59 Å². The van der Waals surface area contributed by atoms with Crippen LogP contribution >= 0.6 is 11.3 Å². The summed E-state index contributed by atoms with van der Waals surface area (Å²) in [5.41, 5.74) is 2.36. The lowest BCUT2D eigenvalue weighted by Gasteiger charge is -2.06. The summed E-state index contributed by atoms with van der Waals surface area (Å²) in [5, 5.41) is 5.26. The van der Waals surface area contributed by atoms with E-state index < -0.39 is 0 Å². The summed E-state index contributed by atoms with van der Waals surface area (Å²) in [6, 6.07) is 10.7. The number of nitrogens with zero attached hydrogens (tertiary/aromatic N) is 2. The minimum atomic E-state index is -0.0994. The molecule has 0 atom stereocenters. The molecule has 27 heavy (non-hydrogen) atoms. The van der Waals surface area contributed by atoms with Crippen LogP contribution in [0.1, 0.15) is 30.1 Å². The van der Waals surface area contributed by atoms with Gasteiger partial charge in [0.05, 0.1) is 12.3 Å². The van der Waals surface area contributed by atoms with E-state index in [2.05, 4.69) is 15.3 Å². The van der Waals surface area contributed by atoms with E-state index in [1.165, 1.54) is 18.3 Å². The van der Waals surface area contributed by atoms with Gasteiger partial charge in [-0.05, 0) is 49.7 Å². The first kappa shape index (κ1) is 18.7. The van der Waals surface area contributed by atoms with E-state index in [4.69, 9.17) is 4.74 Å². The zero-order valence-corrected chi connectivity index (χ0v) is 15.7. The van der Waals surface area contributed by atoms with Gasteiger partial charge in [0.25, 0.3) is 0 Å². The highest BCUT2D eigenvalue weighted by molar-refractivity contribution is 7.14. The molecule has 2 heterocycles. The summed E-state index contributed by atoms with van der Waals surface area (Å²) in [6.45, 7) is 1.95. The molecule has 0 bridgehead atoms. The fourth-order valence-corrected chi connectivity index (χ4v) is 3.10. The summed E-state index contributed by atoms with van der Waals surface area (Å²) >= 11 is 1.38. The van der Waals surface area contributed by atoms with Crippen molar-refractivity contribution in [3.63, 3.8) is 0 Å². The normalized spacial score (nSPS) is 10.4. The fourth-order valence-electron chi connectivity index (χ4n) is 2.37. The van der Waals surface area contributed by atoms with Gasteiger partial charge in [-0.15, -0.1) is 11.3 Å². The van der Waals surface area contributed by atoms with Crippen LogP contribution in [0.3, 0.4) is 0 Å². The second-order valence-corrected chi connectivity index (χ2v) is 6.72. The van der Waals surface area contributed by atoms with Crippen molar-refractivity contribution in [1.82, 2.24) is 9.97 Å². The second kappa shape index (κ2) is 9.05. The van der Waals surface area contributed by atoms with Crippen molar-refractivity contribution < 1.29 is 14.3 Å². The van der Waals surface area contributed by atoms with E-state index in [1.54, 1.807) is 36.7 Å². The number of ether oxygens (including phenoxy) is 1. The molecule has 3 rings (SSSR count). The number of amides is 1. The topological polar surface area (TPSA) is 81.2 Å². The third kappa shape index (κ3) is 5.46. The van der Waals surface area contributed by atoms with Crippen LogP contribution in [0.15, 0.2) is 54.2 Å². The molecule has 0 spiro atoms. The summed E-state index contributed by atoms with van der Waals surface area (Å²) in [5.74, 6) is 0.603. The number of carbonyl (C=O) groups is 2. The van der Waals surface area contributed by atoms with Gasteiger partial charge in [0.2, 0.25) is 5.91 Å². The van der Waals surface area contributed by atoms with Crippen molar-refractivity contribution in [2.75, 3.05) is 11.9 Å². The number of hydrogen-bond acceptors (Lipinski definition) is 6. The van der Waals surface area contributed by atoms with Crippen LogP contribution in [-0.4, -0.2) is 28.3 Å². The number of hydrogen-bond donors (Lipinski definition) is 1. The smallest absolute Gasteiger partial charge is 0.226 e. The number of benzene rings is 1. The average Bonchev–Trinajstić information content (AvgIpc) is 3.15. The number of Topliss-reactive ketones (excluding diaryl/α,β-unsaturated/α-hetero) is 1. The van der Waals surface area contributed by atoms with Crippen LogP contribution in [0.5, 0.6) is 5.75 Å². The van der Waals surface area contributed by atoms with Gasteiger partial charge in [-0.25, -0.2) is 4.98 Å². The Morgan fingerprint density at radius 3 is 2.70 bits per heavy atom. The van der Waals surface area contributed by atoms with Crippen LogP contribution in [0.4, 0.5) is 5.13 Å². The lowest BCUT2D eigenvalue weighted by Crippen LogP contribution is -2.12. The van der Waals surface area contributed by atoms with Crippen molar-refractivity contribution in [2.24, 2.45) is 0 Å². The van der Waals surface area contributed by atoms with Crippen molar-refractivity contribution in [1.29, 1.82) is 0 Å². The first-order valence-corrected chi connectivity index (χ1v) is 9.39. The minimum absolute atomic E-state index is 0.0205. The number of aromatic nitrogens is 2. The van der Waals surface area contributed by atoms with Gasteiger partial charge in [-0.2, -0.15) is 0 Å². The molecule has 2 aromatic heterocycles. The zero-order chi connectivity index (χ0) is 19.1. The molecule has 6 nitrogen and oxygen atoms in total. The summed E-state index contributed by atoms with van der Waals surface area (Å²) in [7, 11) is 0. The quantitative estimate of drug-likeness (QED) is 0.467. The third-order valence-corrected chi connectivity index (χ3v) is 4.54. The number of rotatable bonds is 8. The Morgan fingerprint density at radius 2 is 2.00 bits per heavy atom. The van der Waals surface area contributed by atoms with Gasteiger partial charge >= 0.3 is 0 Å². The number of carbonyl (C=O) groups excluding carboxylic acids is 2. The first-order valence-electron chi connectivity index (χ1n) is 8.51. The molecule has 0 fully saturated rings. The maximum absolute atomic E-state index is 12.0. The number of anilines is 1. The van der Waals surface area contributed by atoms with E-state index in [0.717, 1.165) is 11.3 Å². The first-order chi connectivity index (χ1) is 13.1. The van der Waals surface area contributed by atoms with Gasteiger partial charge in [0.15, 0.2) is 10.9 Å². The number of thiazole rings is 1. The molecule has 1 amide bonds. The standard InChI is InChI=1S/C20H19N3O3S/c1-14(24)15-6-8-17(9-7-15)26-11-3-5-19(25)23-20-22-18(13-27-20)16-4-2-10-21-12-16/h2,4,6-10,12-13H,3,5,11H2,1H3,(H,22,23,25). The Morgan fingerprint density at radius 1 is 1.19 bits per heavy atom. The van der Waals surface area contributed by atoms with Crippen molar-refractivity contribution in [2.45, 2.75) is 19.8 Å². The molecule has 1 aromatic carbocycles. The third-order valence-electron chi connectivity index (χ3n) is 3.79. The fraction of sp³-hybridized carbons (Fsp3) is 0.200. The van der Waals surface area contributed by atoms with E-state index in [-0.39, 0.29) is 11.7 Å². The van der Waals surface area contributed by atoms with Gasteiger partial charge in [-0.1, -0.05) is 0 Å². The highest BCUT2D eigenvalue weighted by Crippen LogP contribution is 2.24. The molecule has 138 valence electrons. The van der Waals surface area contributed by atoms with Gasteiger partial charge in [0, 0.05) is 35.3 Å². The zero-order valence-electron chi connectivity index (χ0n) is 14.8. The number of pyridine rings is 1. The van der Waals surface area contributed by atoms with Gasteiger partial charge in [-0.3, -0.25) is 14.6 Å². The lowest BCUT2D eigenvalue weighted by atomic mass is 10.1. The maximum atomic E-state index is 12.0. The van der Waals surface area contributed by atoms with Crippen LogP contribution < -0.4 is 10.1 Å².